The first-order valence-electron chi connectivity index (χ1n) is 5.87. The maximum Gasteiger partial charge on any atom is 0.261 e. The minimum absolute atomic E-state index is 0.0882. The minimum Gasteiger partial charge on any atom is -0.458 e. The van der Waals surface area contributed by atoms with Gasteiger partial charge < -0.3 is 9.73 Å². The van der Waals surface area contributed by atoms with Crippen LogP contribution in [0.25, 0.3) is 10.6 Å². The molecule has 0 aromatic carbocycles. The molecule has 1 amide bonds. The van der Waals surface area contributed by atoms with Gasteiger partial charge >= 0.3 is 0 Å². The van der Waals surface area contributed by atoms with Crippen molar-refractivity contribution in [2.75, 3.05) is 0 Å². The van der Waals surface area contributed by atoms with Crippen LogP contribution in [0.4, 0.5) is 0 Å². The van der Waals surface area contributed by atoms with Crippen LogP contribution in [-0.4, -0.2) is 5.91 Å². The Labute approximate surface area is 132 Å². The molecule has 3 aromatic rings. The molecule has 0 aliphatic rings. The fourth-order valence-corrected chi connectivity index (χ4v) is 3.74. The molecular weight excluding hydrogens is 358 g/mol. The smallest absolute Gasteiger partial charge is 0.261 e. The molecule has 0 aliphatic carbocycles. The van der Waals surface area contributed by atoms with E-state index in [1.165, 1.54) is 11.3 Å². The van der Waals surface area contributed by atoms with Gasteiger partial charge in [-0.05, 0) is 45.6 Å². The van der Waals surface area contributed by atoms with Crippen molar-refractivity contribution >= 4 is 44.5 Å². The van der Waals surface area contributed by atoms with Crippen LogP contribution < -0.4 is 5.32 Å². The van der Waals surface area contributed by atoms with Gasteiger partial charge in [0.2, 0.25) is 0 Å². The highest BCUT2D eigenvalue weighted by Gasteiger charge is 2.10. The standard InChI is InChI=1S/C14H10BrNO2S2/c15-9-6-13(20-8-9)14(17)16-7-10-3-4-11(18-10)12-2-1-5-19-12/h1-6,8H,7H2,(H,16,17). The second-order valence-electron chi connectivity index (χ2n) is 4.06. The zero-order valence-electron chi connectivity index (χ0n) is 10.3. The number of hydrogen-bond donors (Lipinski definition) is 1. The number of carbonyl (C=O) groups excluding carboxylic acids is 1. The molecule has 3 heterocycles. The van der Waals surface area contributed by atoms with E-state index >= 15 is 0 Å². The van der Waals surface area contributed by atoms with E-state index in [9.17, 15) is 4.79 Å². The Morgan fingerprint density at radius 1 is 1.30 bits per heavy atom. The van der Waals surface area contributed by atoms with Crippen molar-refractivity contribution in [1.29, 1.82) is 0 Å². The van der Waals surface area contributed by atoms with E-state index in [0.717, 1.165) is 20.9 Å². The maximum absolute atomic E-state index is 11.9. The fraction of sp³-hybridized carbons (Fsp3) is 0.0714. The van der Waals surface area contributed by atoms with Gasteiger partial charge in [0.15, 0.2) is 0 Å². The van der Waals surface area contributed by atoms with Gasteiger partial charge in [-0.15, -0.1) is 22.7 Å². The van der Waals surface area contributed by atoms with E-state index in [2.05, 4.69) is 21.2 Å². The number of nitrogens with one attached hydrogen (secondary N) is 1. The summed E-state index contributed by atoms with van der Waals surface area (Å²) >= 11 is 6.37. The summed E-state index contributed by atoms with van der Waals surface area (Å²) in [5.41, 5.74) is 0. The number of halogens is 1. The molecule has 20 heavy (non-hydrogen) atoms. The molecule has 3 rings (SSSR count). The lowest BCUT2D eigenvalue weighted by molar-refractivity contribution is 0.0952. The Hall–Kier alpha value is -1.37. The number of rotatable bonds is 4. The summed E-state index contributed by atoms with van der Waals surface area (Å²) < 4.78 is 6.63. The van der Waals surface area contributed by atoms with Gasteiger partial charge in [0, 0.05) is 9.85 Å². The van der Waals surface area contributed by atoms with Gasteiger partial charge in [0.1, 0.15) is 11.5 Å². The zero-order valence-corrected chi connectivity index (χ0v) is 13.5. The molecule has 0 aliphatic heterocycles. The molecule has 3 aromatic heterocycles. The number of thiophene rings is 2. The van der Waals surface area contributed by atoms with Crippen LogP contribution in [-0.2, 0) is 6.54 Å². The van der Waals surface area contributed by atoms with Crippen LogP contribution in [0.5, 0.6) is 0 Å². The van der Waals surface area contributed by atoms with Crippen molar-refractivity contribution in [3.8, 4) is 10.6 Å². The van der Waals surface area contributed by atoms with E-state index < -0.39 is 0 Å². The highest BCUT2D eigenvalue weighted by Crippen LogP contribution is 2.26. The third-order valence-corrected chi connectivity index (χ3v) is 5.21. The van der Waals surface area contributed by atoms with E-state index in [-0.39, 0.29) is 5.91 Å². The monoisotopic (exact) mass is 367 g/mol. The van der Waals surface area contributed by atoms with Crippen molar-refractivity contribution < 1.29 is 9.21 Å². The number of furan rings is 1. The lowest BCUT2D eigenvalue weighted by atomic mass is 10.3. The largest absolute Gasteiger partial charge is 0.458 e. The molecule has 0 atom stereocenters. The average molecular weight is 368 g/mol. The summed E-state index contributed by atoms with van der Waals surface area (Å²) in [6.45, 7) is 0.389. The van der Waals surface area contributed by atoms with Gasteiger partial charge in [-0.1, -0.05) is 6.07 Å². The predicted octanol–water partition coefficient (Wildman–Crippen LogP) is 4.76. The second-order valence-corrected chi connectivity index (χ2v) is 6.83. The number of hydrogen-bond acceptors (Lipinski definition) is 4. The van der Waals surface area contributed by atoms with Crippen molar-refractivity contribution in [3.63, 3.8) is 0 Å². The van der Waals surface area contributed by atoms with E-state index in [4.69, 9.17) is 4.42 Å². The van der Waals surface area contributed by atoms with Gasteiger partial charge in [-0.3, -0.25) is 4.79 Å². The fourth-order valence-electron chi connectivity index (χ4n) is 1.71. The summed E-state index contributed by atoms with van der Waals surface area (Å²) in [7, 11) is 0. The Kier molecular flexibility index (Phi) is 4.05. The van der Waals surface area contributed by atoms with Crippen LogP contribution in [0.3, 0.4) is 0 Å². The van der Waals surface area contributed by atoms with E-state index in [1.54, 1.807) is 17.4 Å². The first-order chi connectivity index (χ1) is 9.72. The Balaban J connectivity index is 1.63. The van der Waals surface area contributed by atoms with E-state index in [1.807, 2.05) is 35.0 Å². The van der Waals surface area contributed by atoms with Gasteiger partial charge in [0.05, 0.1) is 16.3 Å². The predicted molar refractivity (Wildman–Crippen MR) is 85.2 cm³/mol. The lowest BCUT2D eigenvalue weighted by Crippen LogP contribution is -2.21. The molecule has 102 valence electrons. The Morgan fingerprint density at radius 2 is 2.20 bits per heavy atom. The van der Waals surface area contributed by atoms with Crippen molar-refractivity contribution in [3.05, 3.63) is 56.2 Å². The molecule has 0 spiro atoms. The Bertz CT molecular complexity index is 715. The molecule has 3 nitrogen and oxygen atoms in total. The van der Waals surface area contributed by atoms with Crippen molar-refractivity contribution in [2.24, 2.45) is 0 Å². The molecule has 0 saturated carbocycles. The maximum atomic E-state index is 11.9. The Morgan fingerprint density at radius 3 is 2.90 bits per heavy atom. The third kappa shape index (κ3) is 3.03. The third-order valence-electron chi connectivity index (χ3n) is 2.64. The second kappa shape index (κ2) is 5.95. The van der Waals surface area contributed by atoms with Crippen LogP contribution in [0.2, 0.25) is 0 Å². The van der Waals surface area contributed by atoms with Crippen LogP contribution >= 0.6 is 38.6 Å². The zero-order chi connectivity index (χ0) is 13.9. The summed E-state index contributed by atoms with van der Waals surface area (Å²) in [6, 6.07) is 9.61. The quantitative estimate of drug-likeness (QED) is 0.721. The van der Waals surface area contributed by atoms with Gasteiger partial charge in [0.25, 0.3) is 5.91 Å². The molecule has 0 fully saturated rings. The summed E-state index contributed by atoms with van der Waals surface area (Å²) in [4.78, 5) is 13.7. The minimum atomic E-state index is -0.0882. The highest BCUT2D eigenvalue weighted by atomic mass is 79.9. The van der Waals surface area contributed by atoms with Crippen molar-refractivity contribution in [2.45, 2.75) is 6.54 Å². The highest BCUT2D eigenvalue weighted by molar-refractivity contribution is 9.10. The lowest BCUT2D eigenvalue weighted by Gasteiger charge is -2.00. The first-order valence-corrected chi connectivity index (χ1v) is 8.42. The molecule has 1 N–H and O–H groups in total. The average Bonchev–Trinajstić information content (AvgIpc) is 3.16. The number of carbonyl (C=O) groups is 1. The summed E-state index contributed by atoms with van der Waals surface area (Å²) in [5.74, 6) is 1.50. The molecule has 0 radical (unpaired) electrons. The normalized spacial score (nSPS) is 10.7. The molecule has 0 saturated heterocycles. The summed E-state index contributed by atoms with van der Waals surface area (Å²) in [5, 5.41) is 6.74. The SMILES string of the molecule is O=C(NCc1ccc(-c2cccs2)o1)c1cc(Br)cs1. The van der Waals surface area contributed by atoms with Crippen LogP contribution in [0, 0.1) is 0 Å². The molecule has 0 unspecified atom stereocenters. The van der Waals surface area contributed by atoms with Crippen molar-refractivity contribution in [1.82, 2.24) is 5.32 Å². The van der Waals surface area contributed by atoms with Crippen LogP contribution in [0.15, 0.2) is 50.0 Å². The first kappa shape index (κ1) is 13.6. The number of amides is 1. The molecular formula is C14H10BrNO2S2. The molecule has 6 heteroatoms. The topological polar surface area (TPSA) is 42.2 Å². The van der Waals surface area contributed by atoms with Gasteiger partial charge in [-0.2, -0.15) is 0 Å². The van der Waals surface area contributed by atoms with Crippen LogP contribution in [0.1, 0.15) is 15.4 Å². The summed E-state index contributed by atoms with van der Waals surface area (Å²) in [6.07, 6.45) is 0. The van der Waals surface area contributed by atoms with Gasteiger partial charge in [-0.25, -0.2) is 0 Å². The molecule has 0 bridgehead atoms. The van der Waals surface area contributed by atoms with E-state index in [0.29, 0.717) is 11.4 Å².